The van der Waals surface area contributed by atoms with Crippen LogP contribution >= 0.6 is 0 Å². The Hall–Kier alpha value is -1.77. The Balaban J connectivity index is 1.34. The van der Waals surface area contributed by atoms with Crippen LogP contribution < -0.4 is 5.32 Å². The Kier molecular flexibility index (Phi) is 9.92. The molecule has 1 aliphatic rings. The van der Waals surface area contributed by atoms with Gasteiger partial charge in [-0.2, -0.15) is 0 Å². The monoisotopic (exact) mass is 357 g/mol. The fourth-order valence-corrected chi connectivity index (χ4v) is 3.67. The van der Waals surface area contributed by atoms with Crippen molar-refractivity contribution in [2.45, 2.75) is 77.0 Å². The summed E-state index contributed by atoms with van der Waals surface area (Å²) in [5.74, 6) is 0.0846. The average molecular weight is 358 g/mol. The zero-order valence-corrected chi connectivity index (χ0v) is 16.1. The number of unbranched alkanes of at least 4 members (excludes halogenated alkanes) is 8. The number of carbonyl (C=O) groups is 1. The number of hydrogen-bond donors (Lipinski definition) is 2. The summed E-state index contributed by atoms with van der Waals surface area (Å²) in [6, 6.07) is 6.98. The molecule has 3 nitrogen and oxygen atoms in total. The van der Waals surface area contributed by atoms with Crippen molar-refractivity contribution < 1.29 is 9.90 Å². The first-order valence-electron chi connectivity index (χ1n) is 10.5. The molecule has 2 N–H and O–H groups in total. The van der Waals surface area contributed by atoms with E-state index in [1.165, 1.54) is 77.0 Å². The number of aromatic carboxylic acids is 1. The molecule has 0 fully saturated rings. The van der Waals surface area contributed by atoms with E-state index >= 15 is 0 Å². The van der Waals surface area contributed by atoms with Crippen LogP contribution in [0.3, 0.4) is 0 Å². The minimum atomic E-state index is -0.873. The molecule has 144 valence electrons. The second kappa shape index (κ2) is 12.6. The van der Waals surface area contributed by atoms with Gasteiger partial charge in [-0.3, -0.25) is 0 Å². The van der Waals surface area contributed by atoms with E-state index in [0.29, 0.717) is 5.56 Å². The zero-order chi connectivity index (χ0) is 18.5. The second-order valence-electron chi connectivity index (χ2n) is 7.59. The van der Waals surface area contributed by atoms with Gasteiger partial charge in [0, 0.05) is 12.2 Å². The van der Waals surface area contributed by atoms with Crippen molar-refractivity contribution in [1.82, 2.24) is 0 Å². The van der Waals surface area contributed by atoms with Crippen molar-refractivity contribution in [2.75, 3.05) is 11.9 Å². The van der Waals surface area contributed by atoms with Gasteiger partial charge in [0.25, 0.3) is 0 Å². The maximum absolute atomic E-state index is 10.8. The quantitative estimate of drug-likeness (QED) is 0.289. The van der Waals surface area contributed by atoms with Crippen LogP contribution in [0.25, 0.3) is 0 Å². The first-order valence-corrected chi connectivity index (χ1v) is 10.5. The molecular formula is C23H35NO2. The number of carboxylic acid groups (broad SMARTS) is 1. The third kappa shape index (κ3) is 8.55. The van der Waals surface area contributed by atoms with Gasteiger partial charge in [-0.25, -0.2) is 4.79 Å². The molecule has 0 atom stereocenters. The van der Waals surface area contributed by atoms with E-state index in [9.17, 15) is 4.79 Å². The number of allylic oxidation sites excluding steroid dienone is 2. The van der Waals surface area contributed by atoms with E-state index in [-0.39, 0.29) is 0 Å². The van der Waals surface area contributed by atoms with Crippen molar-refractivity contribution in [1.29, 1.82) is 0 Å². The summed E-state index contributed by atoms with van der Waals surface area (Å²) in [6.45, 7) is 0.961. The lowest BCUT2D eigenvalue weighted by Crippen LogP contribution is -2.02. The van der Waals surface area contributed by atoms with Gasteiger partial charge >= 0.3 is 5.97 Å². The first-order chi connectivity index (χ1) is 12.8. The Morgan fingerprint density at radius 2 is 1.38 bits per heavy atom. The maximum Gasteiger partial charge on any atom is 0.335 e. The Labute approximate surface area is 158 Å². The largest absolute Gasteiger partial charge is 0.478 e. The number of hydrogen-bond acceptors (Lipinski definition) is 2. The van der Waals surface area contributed by atoms with Gasteiger partial charge < -0.3 is 10.4 Å². The van der Waals surface area contributed by atoms with E-state index in [4.69, 9.17) is 5.11 Å². The lowest BCUT2D eigenvalue weighted by molar-refractivity contribution is 0.0697. The zero-order valence-electron chi connectivity index (χ0n) is 16.1. The second-order valence-corrected chi connectivity index (χ2v) is 7.59. The summed E-state index contributed by atoms with van der Waals surface area (Å²) in [5.41, 5.74) is 1.34. The van der Waals surface area contributed by atoms with Crippen LogP contribution in [0.1, 0.15) is 87.4 Å². The number of carboxylic acids is 1. The van der Waals surface area contributed by atoms with Crippen molar-refractivity contribution in [3.8, 4) is 0 Å². The molecular weight excluding hydrogens is 322 g/mol. The Morgan fingerprint density at radius 1 is 0.846 bits per heavy atom. The van der Waals surface area contributed by atoms with Crippen molar-refractivity contribution >= 4 is 11.7 Å². The normalized spacial score (nSPS) is 14.0. The third-order valence-corrected chi connectivity index (χ3v) is 5.36. The minimum Gasteiger partial charge on any atom is -0.478 e. The molecule has 0 unspecified atom stereocenters. The SMILES string of the molecule is O=C(O)c1ccc(NCCCCCCCCCCCC2CC=CC2)cc1. The van der Waals surface area contributed by atoms with Gasteiger partial charge in [-0.05, 0) is 55.9 Å². The molecule has 2 rings (SSSR count). The highest BCUT2D eigenvalue weighted by Crippen LogP contribution is 2.24. The topological polar surface area (TPSA) is 49.3 Å². The number of nitrogens with one attached hydrogen (secondary N) is 1. The average Bonchev–Trinajstić information content (AvgIpc) is 3.16. The predicted octanol–water partition coefficient (Wildman–Crippen LogP) is 6.66. The summed E-state index contributed by atoms with van der Waals surface area (Å²) in [4.78, 5) is 10.8. The molecule has 26 heavy (non-hydrogen) atoms. The summed E-state index contributed by atoms with van der Waals surface area (Å²) < 4.78 is 0. The minimum absolute atomic E-state index is 0.339. The molecule has 1 aromatic rings. The maximum atomic E-state index is 10.8. The number of benzene rings is 1. The molecule has 0 radical (unpaired) electrons. The molecule has 0 amide bonds. The number of rotatable bonds is 14. The summed E-state index contributed by atoms with van der Waals surface area (Å²) in [7, 11) is 0. The summed E-state index contributed by atoms with van der Waals surface area (Å²) in [6.07, 6.45) is 20.9. The van der Waals surface area contributed by atoms with Crippen molar-refractivity contribution in [3.05, 3.63) is 42.0 Å². The molecule has 1 aliphatic carbocycles. The van der Waals surface area contributed by atoms with Gasteiger partial charge in [-0.15, -0.1) is 0 Å². The van der Waals surface area contributed by atoms with E-state index < -0.39 is 5.97 Å². The van der Waals surface area contributed by atoms with Gasteiger partial charge in [0.1, 0.15) is 0 Å². The molecule has 0 spiro atoms. The van der Waals surface area contributed by atoms with Crippen LogP contribution in [0.5, 0.6) is 0 Å². The van der Waals surface area contributed by atoms with Gasteiger partial charge in [0.2, 0.25) is 0 Å². The predicted molar refractivity (Wildman–Crippen MR) is 110 cm³/mol. The molecule has 0 saturated heterocycles. The van der Waals surface area contributed by atoms with E-state index in [1.54, 1.807) is 12.1 Å². The standard InChI is InChI=1S/C23H35NO2/c25-23(26)21-15-17-22(18-16-21)24-19-11-7-5-3-1-2-4-6-8-12-20-13-9-10-14-20/h9-10,15-18,20,24H,1-8,11-14,19H2,(H,25,26). The molecule has 0 saturated carbocycles. The van der Waals surface area contributed by atoms with Crippen LogP contribution in [-0.4, -0.2) is 17.6 Å². The van der Waals surface area contributed by atoms with Crippen LogP contribution in [0.15, 0.2) is 36.4 Å². The molecule has 0 aromatic heterocycles. The summed E-state index contributed by atoms with van der Waals surface area (Å²) >= 11 is 0. The van der Waals surface area contributed by atoms with Gasteiger partial charge in [-0.1, -0.05) is 63.5 Å². The van der Waals surface area contributed by atoms with Gasteiger partial charge in [0.05, 0.1) is 5.56 Å². The van der Waals surface area contributed by atoms with Gasteiger partial charge in [0.15, 0.2) is 0 Å². The van der Waals surface area contributed by atoms with Crippen molar-refractivity contribution in [3.63, 3.8) is 0 Å². The van der Waals surface area contributed by atoms with Crippen LogP contribution in [-0.2, 0) is 0 Å². The first kappa shape index (κ1) is 20.5. The van der Waals surface area contributed by atoms with E-state index in [0.717, 1.165) is 18.2 Å². The lowest BCUT2D eigenvalue weighted by Gasteiger charge is -2.08. The molecule has 0 aliphatic heterocycles. The molecule has 0 bridgehead atoms. The lowest BCUT2D eigenvalue weighted by atomic mass is 9.98. The smallest absolute Gasteiger partial charge is 0.335 e. The fourth-order valence-electron chi connectivity index (χ4n) is 3.67. The Bertz CT molecular complexity index is 528. The highest BCUT2D eigenvalue weighted by atomic mass is 16.4. The van der Waals surface area contributed by atoms with E-state index in [1.807, 2.05) is 12.1 Å². The van der Waals surface area contributed by atoms with Crippen molar-refractivity contribution in [2.24, 2.45) is 5.92 Å². The highest BCUT2D eigenvalue weighted by molar-refractivity contribution is 5.87. The number of anilines is 1. The molecule has 3 heteroatoms. The summed E-state index contributed by atoms with van der Waals surface area (Å²) in [5, 5.41) is 12.2. The van der Waals surface area contributed by atoms with Crippen LogP contribution in [0.2, 0.25) is 0 Å². The Morgan fingerprint density at radius 3 is 1.96 bits per heavy atom. The van der Waals surface area contributed by atoms with Crippen LogP contribution in [0, 0.1) is 5.92 Å². The van der Waals surface area contributed by atoms with Crippen LogP contribution in [0.4, 0.5) is 5.69 Å². The third-order valence-electron chi connectivity index (χ3n) is 5.36. The fraction of sp³-hybridized carbons (Fsp3) is 0.609. The highest BCUT2D eigenvalue weighted by Gasteiger charge is 2.08. The molecule has 1 aromatic carbocycles. The van der Waals surface area contributed by atoms with E-state index in [2.05, 4.69) is 17.5 Å². The molecule has 0 heterocycles.